The van der Waals surface area contributed by atoms with Crippen molar-refractivity contribution in [2.75, 3.05) is 25.1 Å². The minimum atomic E-state index is 0.107. The lowest BCUT2D eigenvalue weighted by Gasteiger charge is -2.20. The van der Waals surface area contributed by atoms with Crippen molar-refractivity contribution in [3.63, 3.8) is 0 Å². The monoisotopic (exact) mass is 267 g/mol. The molecule has 100 valence electrons. The first-order valence-corrected chi connectivity index (χ1v) is 7.64. The van der Waals surface area contributed by atoms with Gasteiger partial charge in [0.25, 0.3) is 5.91 Å². The highest BCUT2D eigenvalue weighted by Gasteiger charge is 2.22. The molecule has 2 heterocycles. The Hall–Kier alpha value is -1.10. The smallest absolute Gasteiger partial charge is 0.270 e. The Morgan fingerprint density at radius 3 is 2.83 bits per heavy atom. The highest BCUT2D eigenvalue weighted by Crippen LogP contribution is 2.22. The number of carbonyl (C=O) groups is 1. The van der Waals surface area contributed by atoms with Gasteiger partial charge in [0.1, 0.15) is 5.69 Å². The average Bonchev–Trinajstić information content (AvgIpc) is 2.56. The Balaban J connectivity index is 2.07. The number of rotatable bonds is 2. The molecule has 1 aromatic heterocycles. The minimum absolute atomic E-state index is 0.107. The van der Waals surface area contributed by atoms with Crippen molar-refractivity contribution in [1.29, 1.82) is 0 Å². The van der Waals surface area contributed by atoms with Crippen LogP contribution in [-0.2, 0) is 7.05 Å². The van der Waals surface area contributed by atoms with Gasteiger partial charge in [-0.1, -0.05) is 0 Å². The summed E-state index contributed by atoms with van der Waals surface area (Å²) in [5, 5.41) is 0.696. The van der Waals surface area contributed by atoms with E-state index in [-0.39, 0.29) is 5.91 Å². The summed E-state index contributed by atoms with van der Waals surface area (Å²) in [6.45, 7) is 1.72. The maximum absolute atomic E-state index is 12.4. The Labute approximate surface area is 113 Å². The Morgan fingerprint density at radius 1 is 1.44 bits per heavy atom. The number of likely N-dealkylation sites (tertiary alicyclic amines) is 1. The van der Waals surface area contributed by atoms with Crippen LogP contribution in [0.1, 0.15) is 29.8 Å². The fraction of sp³-hybridized carbons (Fsp3) is 0.615. The number of aryl methyl sites for hydroxylation is 1. The molecule has 0 bridgehead atoms. The molecule has 0 radical (unpaired) electrons. The molecular weight excluding hydrogens is 246 g/mol. The van der Waals surface area contributed by atoms with Crippen molar-refractivity contribution >= 4 is 23.4 Å². The predicted octanol–water partition coefficient (Wildman–Crippen LogP) is 1.97. The highest BCUT2D eigenvalue weighted by atomic mass is 32.2. The fourth-order valence-corrected chi connectivity index (χ4v) is 3.21. The van der Waals surface area contributed by atoms with Crippen molar-refractivity contribution in [2.45, 2.75) is 24.5 Å². The van der Waals surface area contributed by atoms with Crippen LogP contribution in [0.5, 0.6) is 0 Å². The second-order valence-electron chi connectivity index (χ2n) is 4.85. The fourth-order valence-electron chi connectivity index (χ4n) is 2.47. The zero-order chi connectivity index (χ0) is 13.1. The maximum Gasteiger partial charge on any atom is 0.270 e. The Kier molecular flexibility index (Phi) is 4.22. The van der Waals surface area contributed by atoms with Crippen LogP contribution in [0.3, 0.4) is 0 Å². The lowest BCUT2D eigenvalue weighted by atomic mass is 10.2. The molecule has 1 saturated heterocycles. The molecule has 1 fully saturated rings. The van der Waals surface area contributed by atoms with Gasteiger partial charge in [0.2, 0.25) is 0 Å². The van der Waals surface area contributed by atoms with Crippen LogP contribution < -0.4 is 5.73 Å². The van der Waals surface area contributed by atoms with Crippen molar-refractivity contribution in [3.05, 3.63) is 18.0 Å². The summed E-state index contributed by atoms with van der Waals surface area (Å²) >= 11 is 1.91. The minimum Gasteiger partial charge on any atom is -0.397 e. The molecule has 1 aliphatic rings. The lowest BCUT2D eigenvalue weighted by Crippen LogP contribution is -2.33. The number of thioether (sulfide) groups is 1. The number of anilines is 1. The first-order chi connectivity index (χ1) is 8.61. The molecule has 0 aliphatic carbocycles. The van der Waals surface area contributed by atoms with Crippen molar-refractivity contribution < 1.29 is 4.79 Å². The van der Waals surface area contributed by atoms with Crippen molar-refractivity contribution in [1.82, 2.24) is 9.47 Å². The largest absolute Gasteiger partial charge is 0.397 e. The Morgan fingerprint density at radius 2 is 2.22 bits per heavy atom. The molecular formula is C13H21N3OS. The van der Waals surface area contributed by atoms with Gasteiger partial charge in [0.05, 0.1) is 5.69 Å². The second kappa shape index (κ2) is 5.69. The van der Waals surface area contributed by atoms with Crippen LogP contribution in [0.2, 0.25) is 0 Å². The van der Waals surface area contributed by atoms with Crippen LogP contribution in [0.25, 0.3) is 0 Å². The van der Waals surface area contributed by atoms with Crippen LogP contribution in [0, 0.1) is 0 Å². The first kappa shape index (κ1) is 13.3. The zero-order valence-electron chi connectivity index (χ0n) is 11.1. The topological polar surface area (TPSA) is 51.3 Å². The molecule has 1 atom stereocenters. The van der Waals surface area contributed by atoms with Gasteiger partial charge in [-0.15, -0.1) is 0 Å². The SMILES string of the molecule is CSC1CCCN(C(=O)c2cc(N)cn2C)CC1. The summed E-state index contributed by atoms with van der Waals surface area (Å²) in [4.78, 5) is 14.4. The van der Waals surface area contributed by atoms with E-state index < -0.39 is 0 Å². The van der Waals surface area contributed by atoms with E-state index in [1.165, 1.54) is 6.42 Å². The highest BCUT2D eigenvalue weighted by molar-refractivity contribution is 7.99. The third kappa shape index (κ3) is 2.83. The molecule has 5 heteroatoms. The Bertz CT molecular complexity index is 430. The summed E-state index contributed by atoms with van der Waals surface area (Å²) in [5.74, 6) is 0.107. The number of nitrogens with zero attached hydrogens (tertiary/aromatic N) is 2. The normalized spacial score (nSPS) is 20.8. The molecule has 2 rings (SSSR count). The molecule has 18 heavy (non-hydrogen) atoms. The summed E-state index contributed by atoms with van der Waals surface area (Å²) in [6.07, 6.45) is 7.33. The van der Waals surface area contributed by atoms with Gasteiger partial charge in [-0.2, -0.15) is 11.8 Å². The van der Waals surface area contributed by atoms with Crippen molar-refractivity contribution in [2.24, 2.45) is 7.05 Å². The van der Waals surface area contributed by atoms with E-state index in [0.29, 0.717) is 16.6 Å². The van der Waals surface area contributed by atoms with E-state index in [0.717, 1.165) is 25.9 Å². The maximum atomic E-state index is 12.4. The van der Waals surface area contributed by atoms with Crippen LogP contribution >= 0.6 is 11.8 Å². The number of nitrogens with two attached hydrogens (primary N) is 1. The van der Waals surface area contributed by atoms with Gasteiger partial charge < -0.3 is 15.2 Å². The van der Waals surface area contributed by atoms with E-state index in [1.54, 1.807) is 12.3 Å². The quantitative estimate of drug-likeness (QED) is 0.891. The molecule has 1 unspecified atom stereocenters. The van der Waals surface area contributed by atoms with Gasteiger partial charge in [-0.05, 0) is 31.6 Å². The molecule has 1 aromatic rings. The van der Waals surface area contributed by atoms with Crippen molar-refractivity contribution in [3.8, 4) is 0 Å². The van der Waals surface area contributed by atoms with Gasteiger partial charge >= 0.3 is 0 Å². The summed E-state index contributed by atoms with van der Waals surface area (Å²) < 4.78 is 1.81. The molecule has 0 aromatic carbocycles. The molecule has 1 aliphatic heterocycles. The van der Waals surface area contributed by atoms with Gasteiger partial charge in [0.15, 0.2) is 0 Å². The molecule has 4 nitrogen and oxygen atoms in total. The molecule has 2 N–H and O–H groups in total. The van der Waals surface area contributed by atoms with Crippen LogP contribution in [0.15, 0.2) is 12.3 Å². The van der Waals surface area contributed by atoms with Gasteiger partial charge in [-0.3, -0.25) is 4.79 Å². The van der Waals surface area contributed by atoms with E-state index in [2.05, 4.69) is 6.26 Å². The molecule has 1 amide bonds. The predicted molar refractivity (Wildman–Crippen MR) is 76.9 cm³/mol. The summed E-state index contributed by atoms with van der Waals surface area (Å²) in [6, 6.07) is 1.76. The number of amides is 1. The number of carbonyl (C=O) groups excluding carboxylic acids is 1. The van der Waals surface area contributed by atoms with E-state index in [4.69, 9.17) is 5.73 Å². The van der Waals surface area contributed by atoms with E-state index >= 15 is 0 Å². The van der Waals surface area contributed by atoms with Gasteiger partial charge in [0, 0.05) is 31.6 Å². The third-order valence-electron chi connectivity index (χ3n) is 3.54. The number of hydrogen-bond donors (Lipinski definition) is 1. The third-order valence-corrected chi connectivity index (χ3v) is 4.68. The number of nitrogen functional groups attached to an aromatic ring is 1. The second-order valence-corrected chi connectivity index (χ2v) is 5.99. The number of aromatic nitrogens is 1. The average molecular weight is 267 g/mol. The summed E-state index contributed by atoms with van der Waals surface area (Å²) in [7, 11) is 1.87. The van der Waals surface area contributed by atoms with Gasteiger partial charge in [-0.25, -0.2) is 0 Å². The number of hydrogen-bond acceptors (Lipinski definition) is 3. The van der Waals surface area contributed by atoms with E-state index in [9.17, 15) is 4.79 Å². The van der Waals surface area contributed by atoms with Crippen LogP contribution in [0.4, 0.5) is 5.69 Å². The standard InChI is InChI=1S/C13H21N3OS/c1-15-9-10(14)8-12(15)13(17)16-6-3-4-11(18-2)5-7-16/h8-9,11H,3-7,14H2,1-2H3. The molecule has 0 spiro atoms. The molecule has 0 saturated carbocycles. The van der Waals surface area contributed by atoms with E-state index in [1.807, 2.05) is 28.3 Å². The van der Waals surface area contributed by atoms with Crippen LogP contribution in [-0.4, -0.2) is 40.0 Å². The lowest BCUT2D eigenvalue weighted by molar-refractivity contribution is 0.0752. The zero-order valence-corrected chi connectivity index (χ0v) is 11.9. The first-order valence-electron chi connectivity index (χ1n) is 6.35. The summed E-state index contributed by atoms with van der Waals surface area (Å²) in [5.41, 5.74) is 7.07.